The second kappa shape index (κ2) is 8.48. The number of thioether (sulfide) groups is 1. The smallest absolute Gasteiger partial charge is 0.264 e. The van der Waals surface area contributed by atoms with Crippen LogP contribution in [0.1, 0.15) is 39.7 Å². The fourth-order valence-corrected chi connectivity index (χ4v) is 3.56. The summed E-state index contributed by atoms with van der Waals surface area (Å²) in [4.78, 5) is 11.9. The number of ether oxygens (including phenoxy) is 1. The van der Waals surface area contributed by atoms with Crippen LogP contribution >= 0.6 is 23.1 Å². The van der Waals surface area contributed by atoms with Gasteiger partial charge >= 0.3 is 0 Å². The molecule has 0 aliphatic carbocycles. The standard InChI is InChI=1S/C17H23N3O2S2/c1-5-10-23-16-20-19-15(24-16)18-14(21)11-22-13-8-6-12(7-9-13)17(2,3)4/h6-9H,5,10-11H2,1-4H3,(H,18,19,21). The van der Waals surface area contributed by atoms with Crippen molar-refractivity contribution in [2.45, 2.75) is 43.9 Å². The van der Waals surface area contributed by atoms with Crippen LogP contribution in [0.25, 0.3) is 0 Å². The number of anilines is 1. The Morgan fingerprint density at radius 1 is 1.25 bits per heavy atom. The molecular weight excluding hydrogens is 342 g/mol. The van der Waals surface area contributed by atoms with Gasteiger partial charge in [0.15, 0.2) is 10.9 Å². The zero-order valence-electron chi connectivity index (χ0n) is 14.5. The van der Waals surface area contributed by atoms with Crippen molar-refractivity contribution in [2.24, 2.45) is 0 Å². The Labute approximate surface area is 151 Å². The van der Waals surface area contributed by atoms with Crippen molar-refractivity contribution in [3.8, 4) is 5.75 Å². The summed E-state index contributed by atoms with van der Waals surface area (Å²) in [5, 5.41) is 11.2. The minimum atomic E-state index is -0.238. The molecule has 0 aliphatic heterocycles. The van der Waals surface area contributed by atoms with E-state index in [0.29, 0.717) is 10.9 Å². The molecule has 0 saturated heterocycles. The number of amides is 1. The van der Waals surface area contributed by atoms with E-state index in [2.05, 4.69) is 43.2 Å². The predicted molar refractivity (Wildman–Crippen MR) is 100 cm³/mol. The Kier molecular flexibility index (Phi) is 6.62. The fourth-order valence-electron chi connectivity index (χ4n) is 1.86. The van der Waals surface area contributed by atoms with E-state index in [1.54, 1.807) is 11.8 Å². The number of benzene rings is 1. The molecular formula is C17H23N3O2S2. The molecule has 0 atom stereocenters. The Hall–Kier alpha value is -1.60. The molecule has 0 fully saturated rings. The third-order valence-corrected chi connectivity index (χ3v) is 5.35. The van der Waals surface area contributed by atoms with Gasteiger partial charge in [-0.15, -0.1) is 10.2 Å². The molecule has 5 nitrogen and oxygen atoms in total. The van der Waals surface area contributed by atoms with Crippen LogP contribution in [0.2, 0.25) is 0 Å². The number of nitrogens with one attached hydrogen (secondary N) is 1. The molecule has 1 aromatic heterocycles. The monoisotopic (exact) mass is 365 g/mol. The molecule has 1 aromatic carbocycles. The summed E-state index contributed by atoms with van der Waals surface area (Å²) in [6, 6.07) is 7.82. The molecule has 0 spiro atoms. The Morgan fingerprint density at radius 2 is 1.96 bits per heavy atom. The van der Waals surface area contributed by atoms with Gasteiger partial charge in [0.05, 0.1) is 0 Å². The highest BCUT2D eigenvalue weighted by molar-refractivity contribution is 8.01. The Balaban J connectivity index is 1.81. The third kappa shape index (κ3) is 5.79. The van der Waals surface area contributed by atoms with Gasteiger partial charge < -0.3 is 4.74 Å². The molecule has 130 valence electrons. The average molecular weight is 366 g/mol. The van der Waals surface area contributed by atoms with E-state index in [-0.39, 0.29) is 17.9 Å². The highest BCUT2D eigenvalue weighted by atomic mass is 32.2. The van der Waals surface area contributed by atoms with Crippen LogP contribution < -0.4 is 10.1 Å². The highest BCUT2D eigenvalue weighted by Crippen LogP contribution is 2.26. The molecule has 0 radical (unpaired) electrons. The SMILES string of the molecule is CCCSc1nnc(NC(=O)COc2ccc(C(C)(C)C)cc2)s1. The molecule has 1 N–H and O–H groups in total. The van der Waals surface area contributed by atoms with Gasteiger partial charge in [-0.1, -0.05) is 62.9 Å². The zero-order valence-corrected chi connectivity index (χ0v) is 16.1. The maximum Gasteiger partial charge on any atom is 0.264 e. The molecule has 7 heteroatoms. The van der Waals surface area contributed by atoms with Crippen molar-refractivity contribution in [3.63, 3.8) is 0 Å². The maximum atomic E-state index is 11.9. The van der Waals surface area contributed by atoms with Gasteiger partial charge in [0.1, 0.15) is 5.75 Å². The number of aromatic nitrogens is 2. The molecule has 0 bridgehead atoms. The van der Waals surface area contributed by atoms with E-state index in [4.69, 9.17) is 4.74 Å². The van der Waals surface area contributed by atoms with Gasteiger partial charge in [0, 0.05) is 5.75 Å². The molecule has 2 rings (SSSR count). The predicted octanol–water partition coefficient (Wildman–Crippen LogP) is 4.36. The summed E-state index contributed by atoms with van der Waals surface area (Å²) in [5.74, 6) is 1.43. The summed E-state index contributed by atoms with van der Waals surface area (Å²) in [5.41, 5.74) is 1.33. The Morgan fingerprint density at radius 3 is 2.58 bits per heavy atom. The molecule has 0 aliphatic rings. The van der Waals surface area contributed by atoms with Gasteiger partial charge in [-0.25, -0.2) is 0 Å². The summed E-state index contributed by atoms with van der Waals surface area (Å²) in [6.07, 6.45) is 1.08. The number of carbonyl (C=O) groups is 1. The minimum Gasteiger partial charge on any atom is -0.484 e. The summed E-state index contributed by atoms with van der Waals surface area (Å²) in [6.45, 7) is 8.54. The summed E-state index contributed by atoms with van der Waals surface area (Å²) in [7, 11) is 0. The van der Waals surface area contributed by atoms with Crippen LogP contribution in [-0.4, -0.2) is 28.5 Å². The van der Waals surface area contributed by atoms with Crippen molar-refractivity contribution >= 4 is 34.1 Å². The molecule has 2 aromatic rings. The third-order valence-electron chi connectivity index (χ3n) is 3.17. The second-order valence-corrected chi connectivity index (χ2v) is 8.65. The maximum absolute atomic E-state index is 11.9. The molecule has 24 heavy (non-hydrogen) atoms. The van der Waals surface area contributed by atoms with Crippen LogP contribution in [-0.2, 0) is 10.2 Å². The lowest BCUT2D eigenvalue weighted by molar-refractivity contribution is -0.118. The minimum absolute atomic E-state index is 0.0497. The quantitative estimate of drug-likeness (QED) is 0.583. The largest absolute Gasteiger partial charge is 0.484 e. The highest BCUT2D eigenvalue weighted by Gasteiger charge is 2.13. The van der Waals surface area contributed by atoms with E-state index in [9.17, 15) is 4.79 Å². The molecule has 0 unspecified atom stereocenters. The van der Waals surface area contributed by atoms with Crippen LogP contribution in [0.5, 0.6) is 5.75 Å². The van der Waals surface area contributed by atoms with Crippen molar-refractivity contribution in [2.75, 3.05) is 17.7 Å². The van der Waals surface area contributed by atoms with Gasteiger partial charge in [-0.05, 0) is 29.5 Å². The zero-order chi connectivity index (χ0) is 17.6. The lowest BCUT2D eigenvalue weighted by Gasteiger charge is -2.19. The van der Waals surface area contributed by atoms with Crippen LogP contribution in [0.4, 0.5) is 5.13 Å². The summed E-state index contributed by atoms with van der Waals surface area (Å²) < 4.78 is 6.39. The van der Waals surface area contributed by atoms with Crippen molar-refractivity contribution in [1.82, 2.24) is 10.2 Å². The van der Waals surface area contributed by atoms with Crippen LogP contribution in [0.15, 0.2) is 28.6 Å². The normalized spacial score (nSPS) is 11.3. The van der Waals surface area contributed by atoms with Gasteiger partial charge in [0.2, 0.25) is 5.13 Å². The second-order valence-electron chi connectivity index (χ2n) is 6.33. The van der Waals surface area contributed by atoms with Crippen molar-refractivity contribution in [1.29, 1.82) is 0 Å². The van der Waals surface area contributed by atoms with Gasteiger partial charge in [0.25, 0.3) is 5.91 Å². The topological polar surface area (TPSA) is 64.1 Å². The number of hydrogen-bond acceptors (Lipinski definition) is 6. The van der Waals surface area contributed by atoms with E-state index in [1.165, 1.54) is 16.9 Å². The average Bonchev–Trinajstić information content (AvgIpc) is 2.98. The first kappa shape index (κ1) is 18.7. The van der Waals surface area contributed by atoms with E-state index in [1.807, 2.05) is 24.3 Å². The lowest BCUT2D eigenvalue weighted by Crippen LogP contribution is -2.20. The van der Waals surface area contributed by atoms with Crippen LogP contribution in [0, 0.1) is 0 Å². The van der Waals surface area contributed by atoms with Gasteiger partial charge in [-0.3, -0.25) is 10.1 Å². The van der Waals surface area contributed by atoms with E-state index in [0.717, 1.165) is 16.5 Å². The summed E-state index contributed by atoms with van der Waals surface area (Å²) >= 11 is 3.02. The van der Waals surface area contributed by atoms with Crippen molar-refractivity contribution in [3.05, 3.63) is 29.8 Å². The Bertz CT molecular complexity index is 663. The number of hydrogen-bond donors (Lipinski definition) is 1. The lowest BCUT2D eigenvalue weighted by atomic mass is 9.87. The molecule has 0 saturated carbocycles. The van der Waals surface area contributed by atoms with E-state index < -0.39 is 0 Å². The molecule has 1 amide bonds. The van der Waals surface area contributed by atoms with Crippen LogP contribution in [0.3, 0.4) is 0 Å². The fraction of sp³-hybridized carbons (Fsp3) is 0.471. The van der Waals surface area contributed by atoms with Crippen molar-refractivity contribution < 1.29 is 9.53 Å². The first-order chi connectivity index (χ1) is 11.4. The number of rotatable bonds is 7. The number of carbonyl (C=O) groups excluding carboxylic acids is 1. The molecule has 1 heterocycles. The van der Waals surface area contributed by atoms with Gasteiger partial charge in [-0.2, -0.15) is 0 Å². The first-order valence-corrected chi connectivity index (χ1v) is 9.68. The first-order valence-electron chi connectivity index (χ1n) is 7.88. The van der Waals surface area contributed by atoms with E-state index >= 15 is 0 Å². The number of nitrogens with zero attached hydrogens (tertiary/aromatic N) is 2.